The van der Waals surface area contributed by atoms with Crippen molar-refractivity contribution in [1.82, 2.24) is 10.7 Å². The van der Waals surface area contributed by atoms with E-state index in [0.29, 0.717) is 24.5 Å². The maximum absolute atomic E-state index is 13.5. The molecule has 1 spiro atoms. The van der Waals surface area contributed by atoms with Gasteiger partial charge < -0.3 is 14.8 Å². The van der Waals surface area contributed by atoms with E-state index in [1.54, 1.807) is 0 Å². The molecule has 5 heterocycles. The first-order valence-corrected chi connectivity index (χ1v) is 11.3. The summed E-state index contributed by atoms with van der Waals surface area (Å²) in [6, 6.07) is 15.6. The number of carbonyl (C=O) groups is 1. The van der Waals surface area contributed by atoms with Crippen LogP contribution in [0, 0.1) is 0 Å². The lowest BCUT2D eigenvalue weighted by Crippen LogP contribution is -2.52. The molecule has 2 N–H and O–H groups in total. The van der Waals surface area contributed by atoms with Crippen molar-refractivity contribution in [1.29, 1.82) is 0 Å². The fourth-order valence-electron chi connectivity index (χ4n) is 4.96. The monoisotopic (exact) mass is 465 g/mol. The number of nitrogens with one attached hydrogen (secondary N) is 2. The summed E-state index contributed by atoms with van der Waals surface area (Å²) < 4.78 is 12.1. The van der Waals surface area contributed by atoms with Gasteiger partial charge in [-0.05, 0) is 29.8 Å². The number of amidine groups is 1. The molecule has 7 rings (SSSR count). The third-order valence-corrected chi connectivity index (χ3v) is 7.56. The second-order valence-corrected chi connectivity index (χ2v) is 9.81. The number of hydrogen-bond acceptors (Lipinski definition) is 8. The minimum atomic E-state index is -0.897. The van der Waals surface area contributed by atoms with Crippen molar-refractivity contribution in [2.75, 3.05) is 17.1 Å². The number of fused-ring (bicyclic) bond motifs is 7. The van der Waals surface area contributed by atoms with E-state index in [-0.39, 0.29) is 12.7 Å². The van der Waals surface area contributed by atoms with E-state index >= 15 is 0 Å². The van der Waals surface area contributed by atoms with Crippen LogP contribution in [0.2, 0.25) is 4.34 Å². The number of anilines is 2. The predicted octanol–water partition coefficient (Wildman–Crippen LogP) is 3.83. The zero-order valence-electron chi connectivity index (χ0n) is 16.6. The molecule has 160 valence electrons. The van der Waals surface area contributed by atoms with Gasteiger partial charge in [-0.2, -0.15) is 0 Å². The van der Waals surface area contributed by atoms with Crippen LogP contribution in [0.5, 0.6) is 11.5 Å². The standard InChI is InChI=1S/C22H16ClN5O3S/c23-19-6-5-12(32-19)10-27-26-25-20-9-22(13-3-1-2-4-15(13)24-21(22)29)14-7-17-18(31-11-30-17)8-16(14)28(20)27/h1-8,26H,9-11H2,(H,24,29). The molecule has 1 amide bonds. The van der Waals surface area contributed by atoms with Crippen molar-refractivity contribution in [3.63, 3.8) is 0 Å². The lowest BCUT2D eigenvalue weighted by Gasteiger charge is -2.41. The van der Waals surface area contributed by atoms with Crippen LogP contribution < -0.4 is 25.3 Å². The minimum absolute atomic E-state index is 0.0651. The topological polar surface area (TPSA) is 78.4 Å². The Hall–Kier alpha value is -3.27. The number of hydrazone groups is 1. The number of ether oxygens (including phenoxy) is 2. The smallest absolute Gasteiger partial charge is 0.240 e. The second kappa shape index (κ2) is 6.38. The summed E-state index contributed by atoms with van der Waals surface area (Å²) >= 11 is 7.66. The highest BCUT2D eigenvalue weighted by Gasteiger charge is 2.56. The summed E-state index contributed by atoms with van der Waals surface area (Å²) in [5.41, 5.74) is 5.68. The molecule has 32 heavy (non-hydrogen) atoms. The van der Waals surface area contributed by atoms with Gasteiger partial charge in [-0.25, -0.2) is 10.5 Å². The van der Waals surface area contributed by atoms with Gasteiger partial charge >= 0.3 is 0 Å². The number of hydrazine groups is 2. The first-order valence-electron chi connectivity index (χ1n) is 10.1. The molecule has 0 bridgehead atoms. The Morgan fingerprint density at radius 3 is 2.81 bits per heavy atom. The van der Waals surface area contributed by atoms with Crippen molar-refractivity contribution in [3.05, 3.63) is 68.9 Å². The van der Waals surface area contributed by atoms with Crippen molar-refractivity contribution in [3.8, 4) is 11.5 Å². The number of rotatable bonds is 2. The Kier molecular flexibility index (Phi) is 3.65. The van der Waals surface area contributed by atoms with Gasteiger partial charge in [-0.15, -0.1) is 21.6 Å². The SMILES string of the molecule is O=C1Nc2ccccc2C12CC1=NNN(Cc3ccc(Cl)s3)N1c1cc3c(cc12)OCO3. The zero-order chi connectivity index (χ0) is 21.4. The van der Waals surface area contributed by atoms with E-state index in [9.17, 15) is 4.79 Å². The Bertz CT molecular complexity index is 1340. The average Bonchev–Trinajstić information content (AvgIpc) is 3.56. The highest BCUT2D eigenvalue weighted by molar-refractivity contribution is 7.16. The van der Waals surface area contributed by atoms with Crippen LogP contribution in [0.25, 0.3) is 0 Å². The van der Waals surface area contributed by atoms with E-state index in [1.807, 2.05) is 58.7 Å². The highest BCUT2D eigenvalue weighted by atomic mass is 35.5. The number of carbonyl (C=O) groups excluding carboxylic acids is 1. The quantitative estimate of drug-likeness (QED) is 0.599. The summed E-state index contributed by atoms with van der Waals surface area (Å²) in [5.74, 6) is 1.98. The van der Waals surface area contributed by atoms with Gasteiger partial charge in [0.1, 0.15) is 11.3 Å². The Balaban J connectivity index is 1.42. The van der Waals surface area contributed by atoms with Gasteiger partial charge in [0, 0.05) is 28.6 Å². The molecule has 0 saturated heterocycles. The van der Waals surface area contributed by atoms with E-state index in [2.05, 4.69) is 16.0 Å². The first kappa shape index (κ1) is 18.3. The van der Waals surface area contributed by atoms with E-state index in [1.165, 1.54) is 11.3 Å². The molecule has 0 fully saturated rings. The molecule has 1 unspecified atom stereocenters. The zero-order valence-corrected chi connectivity index (χ0v) is 18.2. The normalized spacial score (nSPS) is 22.3. The summed E-state index contributed by atoms with van der Waals surface area (Å²) in [5, 5.41) is 11.6. The van der Waals surface area contributed by atoms with Crippen molar-refractivity contribution in [2.24, 2.45) is 5.10 Å². The van der Waals surface area contributed by atoms with Gasteiger partial charge in [-0.1, -0.05) is 29.8 Å². The number of hydrogen-bond donors (Lipinski definition) is 2. The molecule has 2 aromatic carbocycles. The van der Waals surface area contributed by atoms with E-state index < -0.39 is 5.41 Å². The molecular weight excluding hydrogens is 450 g/mol. The maximum Gasteiger partial charge on any atom is 0.240 e. The third-order valence-electron chi connectivity index (χ3n) is 6.34. The molecular formula is C22H16ClN5O3S. The summed E-state index contributed by atoms with van der Waals surface area (Å²) in [6.45, 7) is 0.721. The molecule has 8 nitrogen and oxygen atoms in total. The fraction of sp³-hybridized carbons (Fsp3) is 0.182. The molecule has 4 aliphatic heterocycles. The Labute approximate surface area is 191 Å². The fourth-order valence-corrected chi connectivity index (χ4v) is 6.03. The van der Waals surface area contributed by atoms with Gasteiger partial charge in [0.25, 0.3) is 0 Å². The molecule has 1 aromatic heterocycles. The molecule has 10 heteroatoms. The largest absolute Gasteiger partial charge is 0.454 e. The molecule has 3 aromatic rings. The lowest BCUT2D eigenvalue weighted by atomic mass is 9.70. The Morgan fingerprint density at radius 2 is 1.97 bits per heavy atom. The first-order chi connectivity index (χ1) is 15.6. The predicted molar refractivity (Wildman–Crippen MR) is 121 cm³/mol. The number of halogens is 1. The molecule has 4 aliphatic rings. The van der Waals surface area contributed by atoms with Crippen LogP contribution in [0.1, 0.15) is 22.4 Å². The average molecular weight is 466 g/mol. The number of para-hydroxylation sites is 1. The van der Waals surface area contributed by atoms with Gasteiger partial charge in [0.05, 0.1) is 16.6 Å². The Morgan fingerprint density at radius 1 is 1.12 bits per heavy atom. The van der Waals surface area contributed by atoms with Crippen LogP contribution in [-0.4, -0.2) is 23.7 Å². The van der Waals surface area contributed by atoms with Crippen molar-refractivity contribution in [2.45, 2.75) is 18.4 Å². The van der Waals surface area contributed by atoms with E-state index in [4.69, 9.17) is 21.1 Å². The number of amides is 1. The molecule has 0 radical (unpaired) electrons. The number of nitrogens with zero attached hydrogens (tertiary/aromatic N) is 3. The van der Waals surface area contributed by atoms with Crippen LogP contribution >= 0.6 is 22.9 Å². The summed E-state index contributed by atoms with van der Waals surface area (Å²) in [6.07, 6.45) is 0.414. The van der Waals surface area contributed by atoms with E-state index in [0.717, 1.165) is 37.6 Å². The summed E-state index contributed by atoms with van der Waals surface area (Å²) in [4.78, 5) is 14.6. The van der Waals surface area contributed by atoms with Crippen LogP contribution in [0.4, 0.5) is 11.4 Å². The van der Waals surface area contributed by atoms with Crippen LogP contribution in [0.15, 0.2) is 53.6 Å². The molecule has 1 atom stereocenters. The molecule has 0 saturated carbocycles. The number of benzene rings is 2. The van der Waals surface area contributed by atoms with Gasteiger partial charge in [-0.3, -0.25) is 4.79 Å². The molecule has 0 aliphatic carbocycles. The highest BCUT2D eigenvalue weighted by Crippen LogP contribution is 2.55. The minimum Gasteiger partial charge on any atom is -0.454 e. The van der Waals surface area contributed by atoms with Crippen molar-refractivity contribution < 1.29 is 14.3 Å². The van der Waals surface area contributed by atoms with Gasteiger partial charge in [0.15, 0.2) is 11.5 Å². The lowest BCUT2D eigenvalue weighted by molar-refractivity contribution is -0.119. The van der Waals surface area contributed by atoms with Gasteiger partial charge in [0.2, 0.25) is 12.7 Å². The van der Waals surface area contributed by atoms with Crippen LogP contribution in [0.3, 0.4) is 0 Å². The third kappa shape index (κ3) is 2.35. The second-order valence-electron chi connectivity index (χ2n) is 8.01. The summed E-state index contributed by atoms with van der Waals surface area (Å²) in [7, 11) is 0. The number of thiophene rings is 1. The maximum atomic E-state index is 13.5. The van der Waals surface area contributed by atoms with Crippen molar-refractivity contribution >= 4 is 46.1 Å². The van der Waals surface area contributed by atoms with Crippen LogP contribution in [-0.2, 0) is 16.8 Å².